The van der Waals surface area contributed by atoms with Crippen LogP contribution in [0.15, 0.2) is 79.0 Å². The number of aromatic nitrogens is 1. The van der Waals surface area contributed by atoms with Gasteiger partial charge in [-0.05, 0) is 42.3 Å². The van der Waals surface area contributed by atoms with E-state index in [9.17, 15) is 4.79 Å². The Morgan fingerprint density at radius 1 is 1.00 bits per heavy atom. The molecule has 0 spiro atoms. The molecule has 0 radical (unpaired) electrons. The molecule has 3 aromatic carbocycles. The zero-order valence-electron chi connectivity index (χ0n) is 15.6. The Hall–Kier alpha value is -3.04. The van der Waals surface area contributed by atoms with Crippen molar-refractivity contribution in [3.8, 4) is 0 Å². The molecule has 4 heteroatoms. The molecule has 4 rings (SSSR count). The highest BCUT2D eigenvalue weighted by molar-refractivity contribution is 6.31. The fourth-order valence-electron chi connectivity index (χ4n) is 3.61. The van der Waals surface area contributed by atoms with Crippen LogP contribution in [0.25, 0.3) is 10.9 Å². The number of amides is 1. The average Bonchev–Trinajstić information content (AvgIpc) is 3.13. The first-order valence-corrected chi connectivity index (χ1v) is 9.66. The number of carbonyl (C=O) groups is 1. The Morgan fingerprint density at radius 3 is 2.61 bits per heavy atom. The topological polar surface area (TPSA) is 44.9 Å². The SMILES string of the molecule is Cc1cccc(C(=O)NCC(c2ccccc2Cl)c2c[nH]c3ccccc23)c1. The van der Waals surface area contributed by atoms with Gasteiger partial charge >= 0.3 is 0 Å². The lowest BCUT2D eigenvalue weighted by atomic mass is 9.90. The highest BCUT2D eigenvalue weighted by atomic mass is 35.5. The maximum Gasteiger partial charge on any atom is 0.251 e. The maximum atomic E-state index is 12.7. The largest absolute Gasteiger partial charge is 0.361 e. The Bertz CT molecular complexity index is 1130. The summed E-state index contributed by atoms with van der Waals surface area (Å²) in [5.74, 6) is -0.140. The predicted molar refractivity (Wildman–Crippen MR) is 115 cm³/mol. The van der Waals surface area contributed by atoms with E-state index in [-0.39, 0.29) is 11.8 Å². The van der Waals surface area contributed by atoms with Crippen LogP contribution in [0.1, 0.15) is 33.0 Å². The first-order valence-electron chi connectivity index (χ1n) is 9.29. The number of hydrogen-bond acceptors (Lipinski definition) is 1. The second kappa shape index (κ2) is 7.91. The molecule has 1 unspecified atom stereocenters. The molecule has 3 nitrogen and oxygen atoms in total. The number of fused-ring (bicyclic) bond motifs is 1. The molecule has 1 atom stereocenters. The molecule has 0 fully saturated rings. The number of aryl methyl sites for hydroxylation is 1. The number of hydrogen-bond donors (Lipinski definition) is 2. The minimum absolute atomic E-state index is 0.0568. The number of benzene rings is 3. The number of rotatable bonds is 5. The molecule has 140 valence electrons. The van der Waals surface area contributed by atoms with Crippen molar-refractivity contribution in [3.63, 3.8) is 0 Å². The molecular formula is C24H21ClN2O. The van der Waals surface area contributed by atoms with E-state index in [0.717, 1.165) is 27.6 Å². The lowest BCUT2D eigenvalue weighted by Crippen LogP contribution is -2.29. The van der Waals surface area contributed by atoms with Crippen molar-refractivity contribution < 1.29 is 4.79 Å². The summed E-state index contributed by atoms with van der Waals surface area (Å²) in [6.07, 6.45) is 2.01. The lowest BCUT2D eigenvalue weighted by Gasteiger charge is -2.19. The van der Waals surface area contributed by atoms with E-state index in [1.54, 1.807) is 0 Å². The van der Waals surface area contributed by atoms with E-state index in [2.05, 4.69) is 16.4 Å². The van der Waals surface area contributed by atoms with E-state index < -0.39 is 0 Å². The van der Waals surface area contributed by atoms with Crippen LogP contribution in [-0.2, 0) is 0 Å². The van der Waals surface area contributed by atoms with Gasteiger partial charge in [0.2, 0.25) is 0 Å². The number of carbonyl (C=O) groups excluding carboxylic acids is 1. The number of halogens is 1. The fraction of sp³-hybridized carbons (Fsp3) is 0.125. The Balaban J connectivity index is 1.68. The van der Waals surface area contributed by atoms with Gasteiger partial charge in [-0.15, -0.1) is 0 Å². The first-order chi connectivity index (χ1) is 13.6. The molecule has 0 aliphatic rings. The first kappa shape index (κ1) is 18.3. The molecule has 0 aliphatic carbocycles. The van der Waals surface area contributed by atoms with Gasteiger partial charge in [-0.3, -0.25) is 4.79 Å². The number of nitrogens with one attached hydrogen (secondary N) is 2. The summed E-state index contributed by atoms with van der Waals surface area (Å²) in [7, 11) is 0. The van der Waals surface area contributed by atoms with Gasteiger partial charge in [0, 0.05) is 40.1 Å². The van der Waals surface area contributed by atoms with Crippen LogP contribution >= 0.6 is 11.6 Å². The summed E-state index contributed by atoms with van der Waals surface area (Å²) in [6.45, 7) is 2.44. The minimum atomic E-state index is -0.0828. The van der Waals surface area contributed by atoms with Gasteiger partial charge in [0.25, 0.3) is 5.91 Å². The van der Waals surface area contributed by atoms with Crippen molar-refractivity contribution in [1.82, 2.24) is 10.3 Å². The van der Waals surface area contributed by atoms with E-state index in [1.807, 2.05) is 79.9 Å². The summed E-state index contributed by atoms with van der Waals surface area (Å²) in [5, 5.41) is 4.93. The van der Waals surface area contributed by atoms with Crippen LogP contribution in [0, 0.1) is 6.92 Å². The standard InChI is InChI=1S/C24H21ClN2O/c1-16-7-6-8-17(13-16)24(28)27-15-20(18-9-2-4-11-22(18)25)21-14-26-23-12-5-3-10-19(21)23/h2-14,20,26H,15H2,1H3,(H,27,28). The van der Waals surface area contributed by atoms with Crippen molar-refractivity contribution in [1.29, 1.82) is 0 Å². The van der Waals surface area contributed by atoms with E-state index in [0.29, 0.717) is 17.1 Å². The van der Waals surface area contributed by atoms with Gasteiger partial charge in [0.15, 0.2) is 0 Å². The van der Waals surface area contributed by atoms with Crippen LogP contribution < -0.4 is 5.32 Å². The summed E-state index contributed by atoms with van der Waals surface area (Å²) >= 11 is 6.52. The third kappa shape index (κ3) is 3.67. The summed E-state index contributed by atoms with van der Waals surface area (Å²) in [6, 6.07) is 23.6. The van der Waals surface area contributed by atoms with Crippen LogP contribution in [0.3, 0.4) is 0 Å². The molecule has 1 aromatic heterocycles. The van der Waals surface area contributed by atoms with Gasteiger partial charge < -0.3 is 10.3 Å². The molecule has 2 N–H and O–H groups in total. The normalized spacial score (nSPS) is 12.1. The molecule has 4 aromatic rings. The molecular weight excluding hydrogens is 368 g/mol. The van der Waals surface area contributed by atoms with Crippen molar-refractivity contribution in [2.45, 2.75) is 12.8 Å². The van der Waals surface area contributed by atoms with Gasteiger partial charge in [-0.1, -0.05) is 65.7 Å². The summed E-state index contributed by atoms with van der Waals surface area (Å²) in [5.41, 5.74) is 4.91. The Labute approximate surface area is 169 Å². The summed E-state index contributed by atoms with van der Waals surface area (Å²) in [4.78, 5) is 16.0. The molecule has 1 amide bonds. The summed E-state index contributed by atoms with van der Waals surface area (Å²) < 4.78 is 0. The number of H-pyrrole nitrogens is 1. The highest BCUT2D eigenvalue weighted by Crippen LogP contribution is 2.34. The smallest absolute Gasteiger partial charge is 0.251 e. The van der Waals surface area contributed by atoms with Crippen LogP contribution in [0.5, 0.6) is 0 Å². The predicted octanol–water partition coefficient (Wildman–Crippen LogP) is 5.69. The molecule has 0 saturated heterocycles. The molecule has 28 heavy (non-hydrogen) atoms. The molecule has 1 heterocycles. The van der Waals surface area contributed by atoms with Gasteiger partial charge in [0.05, 0.1) is 0 Å². The van der Waals surface area contributed by atoms with Crippen LogP contribution in [-0.4, -0.2) is 17.4 Å². The van der Waals surface area contributed by atoms with E-state index in [1.165, 1.54) is 0 Å². The van der Waals surface area contributed by atoms with E-state index >= 15 is 0 Å². The Kier molecular flexibility index (Phi) is 5.18. The third-order valence-corrected chi connectivity index (χ3v) is 5.37. The molecule has 0 aliphatic heterocycles. The van der Waals surface area contributed by atoms with Crippen LogP contribution in [0.4, 0.5) is 0 Å². The second-order valence-corrected chi connectivity index (χ2v) is 7.35. The van der Waals surface area contributed by atoms with Gasteiger partial charge in [-0.2, -0.15) is 0 Å². The van der Waals surface area contributed by atoms with Crippen LogP contribution in [0.2, 0.25) is 5.02 Å². The highest BCUT2D eigenvalue weighted by Gasteiger charge is 2.21. The quantitative estimate of drug-likeness (QED) is 0.453. The van der Waals surface area contributed by atoms with E-state index in [4.69, 9.17) is 11.6 Å². The minimum Gasteiger partial charge on any atom is -0.361 e. The van der Waals surface area contributed by atoms with Crippen molar-refractivity contribution in [2.24, 2.45) is 0 Å². The zero-order chi connectivity index (χ0) is 19.5. The molecule has 0 bridgehead atoms. The maximum absolute atomic E-state index is 12.7. The molecule has 0 saturated carbocycles. The number of aromatic amines is 1. The average molecular weight is 389 g/mol. The lowest BCUT2D eigenvalue weighted by molar-refractivity contribution is 0.0952. The van der Waals surface area contributed by atoms with Crippen molar-refractivity contribution >= 4 is 28.4 Å². The Morgan fingerprint density at radius 2 is 1.79 bits per heavy atom. The second-order valence-electron chi connectivity index (χ2n) is 6.94. The van der Waals surface area contributed by atoms with Gasteiger partial charge in [-0.25, -0.2) is 0 Å². The zero-order valence-corrected chi connectivity index (χ0v) is 16.3. The fourth-order valence-corrected chi connectivity index (χ4v) is 3.88. The third-order valence-electron chi connectivity index (χ3n) is 5.02. The van der Waals surface area contributed by atoms with Gasteiger partial charge in [0.1, 0.15) is 0 Å². The van der Waals surface area contributed by atoms with Crippen molar-refractivity contribution in [3.05, 3.63) is 106 Å². The monoisotopic (exact) mass is 388 g/mol. The number of para-hydroxylation sites is 1. The van der Waals surface area contributed by atoms with Crippen molar-refractivity contribution in [2.75, 3.05) is 6.54 Å².